The molecule has 4 nitrogen and oxygen atoms in total. The standard InChI is InChI=1S/C19H17N3O.C2H6/c1-14-10-16(17(12-20)13-21)11-19(23-14)9-6-15-4-7-18(8-5-15)22(2)3;1-2/h4-11H,1-3H3;1-2H3. The third-order valence-corrected chi connectivity index (χ3v) is 3.30. The summed E-state index contributed by atoms with van der Waals surface area (Å²) < 4.78 is 5.61. The quantitative estimate of drug-likeness (QED) is 0.734. The molecule has 0 saturated carbocycles. The lowest BCUT2D eigenvalue weighted by molar-refractivity contribution is 0.318. The molecule has 1 aliphatic rings. The Morgan fingerprint density at radius 1 is 1.00 bits per heavy atom. The van der Waals surface area contributed by atoms with Crippen LogP contribution in [0.5, 0.6) is 0 Å². The Kier molecular flexibility index (Phi) is 7.76. The molecule has 0 aromatic heterocycles. The van der Waals surface area contributed by atoms with Gasteiger partial charge >= 0.3 is 0 Å². The van der Waals surface area contributed by atoms with Crippen molar-refractivity contribution in [2.75, 3.05) is 19.0 Å². The van der Waals surface area contributed by atoms with E-state index in [0.29, 0.717) is 17.1 Å². The van der Waals surface area contributed by atoms with E-state index in [1.54, 1.807) is 19.1 Å². The summed E-state index contributed by atoms with van der Waals surface area (Å²) in [4.78, 5) is 2.04. The van der Waals surface area contributed by atoms with Gasteiger partial charge in [0.15, 0.2) is 0 Å². The summed E-state index contributed by atoms with van der Waals surface area (Å²) in [6.07, 6.45) is 7.14. The van der Waals surface area contributed by atoms with Gasteiger partial charge in [0.25, 0.3) is 0 Å². The van der Waals surface area contributed by atoms with Crippen LogP contribution in [0.15, 0.2) is 65.2 Å². The summed E-state index contributed by atoms with van der Waals surface area (Å²) in [6.45, 7) is 5.79. The zero-order valence-corrected chi connectivity index (χ0v) is 15.4. The molecule has 25 heavy (non-hydrogen) atoms. The molecule has 0 radical (unpaired) electrons. The number of nitrogens with zero attached hydrogens (tertiary/aromatic N) is 3. The molecule has 0 amide bonds. The van der Waals surface area contributed by atoms with Crippen LogP contribution in [-0.4, -0.2) is 14.1 Å². The minimum Gasteiger partial charge on any atom is -0.462 e. The van der Waals surface area contributed by atoms with Crippen molar-refractivity contribution in [3.8, 4) is 12.1 Å². The van der Waals surface area contributed by atoms with Crippen LogP contribution in [0.25, 0.3) is 6.08 Å². The maximum absolute atomic E-state index is 8.98. The van der Waals surface area contributed by atoms with Crippen molar-refractivity contribution < 1.29 is 4.74 Å². The first kappa shape index (κ1) is 19.8. The number of ether oxygens (including phenoxy) is 1. The summed E-state index contributed by atoms with van der Waals surface area (Å²) in [5.41, 5.74) is 2.82. The highest BCUT2D eigenvalue weighted by molar-refractivity contribution is 5.59. The van der Waals surface area contributed by atoms with Crippen LogP contribution in [-0.2, 0) is 4.74 Å². The summed E-state index contributed by atoms with van der Waals surface area (Å²) >= 11 is 0. The Hall–Kier alpha value is -3.24. The van der Waals surface area contributed by atoms with Crippen molar-refractivity contribution in [2.45, 2.75) is 20.8 Å². The van der Waals surface area contributed by atoms with Crippen molar-refractivity contribution in [3.05, 3.63) is 70.7 Å². The van der Waals surface area contributed by atoms with Crippen LogP contribution in [0.2, 0.25) is 0 Å². The summed E-state index contributed by atoms with van der Waals surface area (Å²) in [5.74, 6) is 1.24. The van der Waals surface area contributed by atoms with Crippen LogP contribution in [0.4, 0.5) is 5.69 Å². The molecular formula is C21H23N3O. The summed E-state index contributed by atoms with van der Waals surface area (Å²) in [6, 6.07) is 11.9. The molecule has 0 aliphatic carbocycles. The molecule has 0 N–H and O–H groups in total. The third-order valence-electron chi connectivity index (χ3n) is 3.30. The van der Waals surface area contributed by atoms with E-state index < -0.39 is 0 Å². The fourth-order valence-electron chi connectivity index (χ4n) is 2.10. The van der Waals surface area contributed by atoms with Gasteiger partial charge in [-0.1, -0.05) is 32.1 Å². The van der Waals surface area contributed by atoms with E-state index in [1.807, 2.05) is 81.4 Å². The largest absolute Gasteiger partial charge is 0.462 e. The second-order valence-electron chi connectivity index (χ2n) is 5.28. The van der Waals surface area contributed by atoms with Crippen molar-refractivity contribution in [3.63, 3.8) is 0 Å². The van der Waals surface area contributed by atoms with Gasteiger partial charge < -0.3 is 9.64 Å². The molecular weight excluding hydrogens is 310 g/mol. The molecule has 0 bridgehead atoms. The van der Waals surface area contributed by atoms with Crippen LogP contribution >= 0.6 is 0 Å². The van der Waals surface area contributed by atoms with E-state index >= 15 is 0 Å². The number of nitriles is 2. The van der Waals surface area contributed by atoms with Gasteiger partial charge in [0.05, 0.1) is 0 Å². The Labute approximate surface area is 150 Å². The molecule has 1 aliphatic heterocycles. The smallest absolute Gasteiger partial charge is 0.137 e. The van der Waals surface area contributed by atoms with E-state index in [2.05, 4.69) is 0 Å². The number of hydrogen-bond acceptors (Lipinski definition) is 4. The average molecular weight is 333 g/mol. The van der Waals surface area contributed by atoms with Gasteiger partial charge in [-0.3, -0.25) is 0 Å². The summed E-state index contributed by atoms with van der Waals surface area (Å²) in [5, 5.41) is 18.0. The molecule has 128 valence electrons. The van der Waals surface area contributed by atoms with Crippen LogP contribution in [0.1, 0.15) is 26.3 Å². The van der Waals surface area contributed by atoms with Crippen LogP contribution in [0, 0.1) is 22.7 Å². The highest BCUT2D eigenvalue weighted by Crippen LogP contribution is 2.23. The topological polar surface area (TPSA) is 60.0 Å². The minimum absolute atomic E-state index is 0.0777. The summed E-state index contributed by atoms with van der Waals surface area (Å²) in [7, 11) is 3.99. The number of hydrogen-bond donors (Lipinski definition) is 0. The Balaban J connectivity index is 0.00000151. The molecule has 1 aromatic carbocycles. The number of rotatable bonds is 3. The van der Waals surface area contributed by atoms with E-state index in [4.69, 9.17) is 15.3 Å². The van der Waals surface area contributed by atoms with Crippen molar-refractivity contribution in [1.29, 1.82) is 10.5 Å². The molecule has 0 spiro atoms. The van der Waals surface area contributed by atoms with Gasteiger partial charge in [-0.05, 0) is 42.8 Å². The number of benzene rings is 1. The average Bonchev–Trinajstić information content (AvgIpc) is 2.63. The van der Waals surface area contributed by atoms with Gasteiger partial charge in [0.1, 0.15) is 29.2 Å². The maximum atomic E-state index is 8.98. The zero-order valence-electron chi connectivity index (χ0n) is 15.4. The Morgan fingerprint density at radius 3 is 2.12 bits per heavy atom. The van der Waals surface area contributed by atoms with Gasteiger partial charge in [0, 0.05) is 25.4 Å². The predicted molar refractivity (Wildman–Crippen MR) is 102 cm³/mol. The lowest BCUT2D eigenvalue weighted by Gasteiger charge is -2.13. The van der Waals surface area contributed by atoms with E-state index in [0.717, 1.165) is 11.3 Å². The monoisotopic (exact) mass is 333 g/mol. The molecule has 0 atom stereocenters. The second kappa shape index (κ2) is 9.80. The fraction of sp³-hybridized carbons (Fsp3) is 0.238. The van der Waals surface area contributed by atoms with Gasteiger partial charge in [-0.2, -0.15) is 10.5 Å². The normalized spacial score (nSPS) is 12.7. The lowest BCUT2D eigenvalue weighted by Crippen LogP contribution is -2.07. The maximum Gasteiger partial charge on any atom is 0.137 e. The molecule has 0 saturated heterocycles. The molecule has 0 fully saturated rings. The predicted octanol–water partition coefficient (Wildman–Crippen LogP) is 4.95. The number of allylic oxidation sites excluding steroid dienone is 6. The van der Waals surface area contributed by atoms with Gasteiger partial charge in [-0.15, -0.1) is 0 Å². The fourth-order valence-corrected chi connectivity index (χ4v) is 2.10. The first-order valence-corrected chi connectivity index (χ1v) is 8.11. The van der Waals surface area contributed by atoms with E-state index in [-0.39, 0.29) is 5.57 Å². The first-order chi connectivity index (χ1) is 12.0. The van der Waals surface area contributed by atoms with E-state index in [1.165, 1.54) is 0 Å². The van der Waals surface area contributed by atoms with Gasteiger partial charge in [-0.25, -0.2) is 0 Å². The van der Waals surface area contributed by atoms with Crippen LogP contribution in [0.3, 0.4) is 0 Å². The highest BCUT2D eigenvalue weighted by Gasteiger charge is 2.10. The van der Waals surface area contributed by atoms with Crippen molar-refractivity contribution in [1.82, 2.24) is 0 Å². The molecule has 4 heteroatoms. The van der Waals surface area contributed by atoms with E-state index in [9.17, 15) is 0 Å². The third kappa shape index (κ3) is 5.71. The minimum atomic E-state index is 0.0777. The Morgan fingerprint density at radius 2 is 1.60 bits per heavy atom. The molecule has 1 heterocycles. The van der Waals surface area contributed by atoms with Crippen molar-refractivity contribution in [2.24, 2.45) is 0 Å². The molecule has 0 unspecified atom stereocenters. The zero-order chi connectivity index (χ0) is 18.8. The second-order valence-corrected chi connectivity index (χ2v) is 5.28. The SMILES string of the molecule is CC.CC1=CC(=C(C#N)C#N)C=C(C=Cc2ccc(N(C)C)cc2)O1. The highest BCUT2D eigenvalue weighted by atomic mass is 16.5. The first-order valence-electron chi connectivity index (χ1n) is 8.11. The number of anilines is 1. The molecule has 2 rings (SSSR count). The lowest BCUT2D eigenvalue weighted by atomic mass is 10.1. The Bertz CT molecular complexity index is 779. The molecule has 1 aromatic rings. The van der Waals surface area contributed by atoms with Crippen LogP contribution < -0.4 is 4.90 Å². The van der Waals surface area contributed by atoms with Gasteiger partial charge in [0.2, 0.25) is 0 Å². The van der Waals surface area contributed by atoms with Crippen molar-refractivity contribution >= 4 is 11.8 Å².